The highest BCUT2D eigenvalue weighted by atomic mass is 32.2. The minimum Gasteiger partial charge on any atom is -0.317 e. The average Bonchev–Trinajstić information content (AvgIpc) is 2.70. The standard InChI is InChI=1S/C10H20N4S/c1-3-14-9-12-13-10(14)8-11-6-4-5-7-15-2/h9,11H,3-8H2,1-2H3. The van der Waals surface area contributed by atoms with Gasteiger partial charge >= 0.3 is 0 Å². The number of rotatable bonds is 8. The van der Waals surface area contributed by atoms with E-state index >= 15 is 0 Å². The third-order valence-electron chi connectivity index (χ3n) is 2.27. The van der Waals surface area contributed by atoms with Crippen LogP contribution in [0.1, 0.15) is 25.6 Å². The fourth-order valence-electron chi connectivity index (χ4n) is 1.38. The molecule has 0 aliphatic heterocycles. The minimum absolute atomic E-state index is 0.826. The first kappa shape index (κ1) is 12.5. The summed E-state index contributed by atoms with van der Waals surface area (Å²) in [6.07, 6.45) is 6.46. The third-order valence-corrected chi connectivity index (χ3v) is 2.97. The molecule has 5 heteroatoms. The van der Waals surface area contributed by atoms with E-state index in [2.05, 4.69) is 33.3 Å². The molecule has 4 nitrogen and oxygen atoms in total. The van der Waals surface area contributed by atoms with Gasteiger partial charge in [-0.1, -0.05) is 0 Å². The Morgan fingerprint density at radius 3 is 3.07 bits per heavy atom. The van der Waals surface area contributed by atoms with Crippen molar-refractivity contribution in [1.82, 2.24) is 20.1 Å². The zero-order valence-electron chi connectivity index (χ0n) is 9.57. The van der Waals surface area contributed by atoms with Crippen molar-refractivity contribution in [1.29, 1.82) is 0 Å². The molecule has 0 aliphatic carbocycles. The second-order valence-electron chi connectivity index (χ2n) is 3.41. The number of hydrogen-bond acceptors (Lipinski definition) is 4. The summed E-state index contributed by atoms with van der Waals surface area (Å²) in [6, 6.07) is 0. The van der Waals surface area contributed by atoms with Crippen LogP contribution in [0.4, 0.5) is 0 Å². The fourth-order valence-corrected chi connectivity index (χ4v) is 1.87. The molecule has 0 aromatic carbocycles. The number of hydrogen-bond donors (Lipinski definition) is 1. The van der Waals surface area contributed by atoms with E-state index < -0.39 is 0 Å². The number of nitrogens with one attached hydrogen (secondary N) is 1. The predicted octanol–water partition coefficient (Wildman–Crippen LogP) is 1.53. The lowest BCUT2D eigenvalue weighted by Gasteiger charge is -2.05. The maximum Gasteiger partial charge on any atom is 0.146 e. The van der Waals surface area contributed by atoms with Crippen molar-refractivity contribution in [2.75, 3.05) is 18.6 Å². The Bertz CT molecular complexity index is 262. The first-order valence-electron chi connectivity index (χ1n) is 5.44. The number of aryl methyl sites for hydroxylation is 1. The number of aromatic nitrogens is 3. The lowest BCUT2D eigenvalue weighted by Crippen LogP contribution is -2.18. The van der Waals surface area contributed by atoms with Crippen LogP contribution in [-0.4, -0.2) is 33.3 Å². The monoisotopic (exact) mass is 228 g/mol. The lowest BCUT2D eigenvalue weighted by atomic mass is 10.3. The van der Waals surface area contributed by atoms with Crippen molar-refractivity contribution in [3.8, 4) is 0 Å². The van der Waals surface area contributed by atoms with Crippen LogP contribution in [-0.2, 0) is 13.1 Å². The summed E-state index contributed by atoms with van der Waals surface area (Å²) >= 11 is 1.91. The molecule has 86 valence electrons. The first-order chi connectivity index (χ1) is 7.38. The molecule has 0 spiro atoms. The Labute approximate surface area is 95.9 Å². The molecule has 0 aliphatic rings. The summed E-state index contributed by atoms with van der Waals surface area (Å²) in [7, 11) is 0. The summed E-state index contributed by atoms with van der Waals surface area (Å²) in [4.78, 5) is 0. The van der Waals surface area contributed by atoms with Crippen LogP contribution in [0, 0.1) is 0 Å². The third kappa shape index (κ3) is 4.66. The summed E-state index contributed by atoms with van der Waals surface area (Å²) in [5, 5.41) is 11.3. The highest BCUT2D eigenvalue weighted by Crippen LogP contribution is 1.98. The van der Waals surface area contributed by atoms with Crippen LogP contribution in [0.2, 0.25) is 0 Å². The molecule has 0 atom stereocenters. The SMILES string of the molecule is CCn1cnnc1CNCCCCSC. The summed E-state index contributed by atoms with van der Waals surface area (Å²) in [5.74, 6) is 2.29. The first-order valence-corrected chi connectivity index (χ1v) is 6.84. The molecular weight excluding hydrogens is 208 g/mol. The molecule has 0 saturated heterocycles. The molecule has 0 unspecified atom stereocenters. The second-order valence-corrected chi connectivity index (χ2v) is 4.40. The van der Waals surface area contributed by atoms with E-state index in [4.69, 9.17) is 0 Å². The van der Waals surface area contributed by atoms with Gasteiger partial charge in [-0.05, 0) is 38.3 Å². The van der Waals surface area contributed by atoms with Gasteiger partial charge in [-0.2, -0.15) is 11.8 Å². The average molecular weight is 228 g/mol. The van der Waals surface area contributed by atoms with Gasteiger partial charge in [0, 0.05) is 6.54 Å². The van der Waals surface area contributed by atoms with Crippen molar-refractivity contribution in [3.05, 3.63) is 12.2 Å². The molecule has 15 heavy (non-hydrogen) atoms. The quantitative estimate of drug-likeness (QED) is 0.685. The molecule has 1 N–H and O–H groups in total. The van der Waals surface area contributed by atoms with Crippen molar-refractivity contribution in [2.24, 2.45) is 0 Å². The van der Waals surface area contributed by atoms with E-state index in [1.165, 1.54) is 18.6 Å². The zero-order valence-corrected chi connectivity index (χ0v) is 10.4. The summed E-state index contributed by atoms with van der Waals surface area (Å²) in [6.45, 7) is 4.94. The van der Waals surface area contributed by atoms with Crippen LogP contribution >= 0.6 is 11.8 Å². The maximum atomic E-state index is 4.07. The Morgan fingerprint density at radius 1 is 1.47 bits per heavy atom. The summed E-state index contributed by atoms with van der Waals surface area (Å²) in [5.41, 5.74) is 0. The van der Waals surface area contributed by atoms with Crippen molar-refractivity contribution >= 4 is 11.8 Å². The van der Waals surface area contributed by atoms with E-state index in [-0.39, 0.29) is 0 Å². The van der Waals surface area contributed by atoms with Gasteiger partial charge in [-0.25, -0.2) is 0 Å². The topological polar surface area (TPSA) is 42.7 Å². The van der Waals surface area contributed by atoms with E-state index in [0.717, 1.165) is 25.5 Å². The van der Waals surface area contributed by atoms with E-state index in [1.54, 1.807) is 6.33 Å². The highest BCUT2D eigenvalue weighted by Gasteiger charge is 2.00. The Hall–Kier alpha value is -0.550. The highest BCUT2D eigenvalue weighted by molar-refractivity contribution is 7.98. The molecule has 1 heterocycles. The molecular formula is C10H20N4S. The fraction of sp³-hybridized carbons (Fsp3) is 0.800. The van der Waals surface area contributed by atoms with E-state index in [1.807, 2.05) is 11.8 Å². The van der Waals surface area contributed by atoms with Gasteiger partial charge in [0.05, 0.1) is 6.54 Å². The van der Waals surface area contributed by atoms with Crippen LogP contribution in [0.5, 0.6) is 0 Å². The Balaban J connectivity index is 2.09. The molecule has 0 bridgehead atoms. The van der Waals surface area contributed by atoms with Crippen LogP contribution in [0.15, 0.2) is 6.33 Å². The summed E-state index contributed by atoms with van der Waals surface area (Å²) < 4.78 is 2.06. The molecule has 1 aromatic rings. The van der Waals surface area contributed by atoms with Gasteiger partial charge in [0.25, 0.3) is 0 Å². The molecule has 0 fully saturated rings. The second kappa shape index (κ2) is 7.70. The van der Waals surface area contributed by atoms with Gasteiger partial charge in [0.2, 0.25) is 0 Å². The predicted molar refractivity (Wildman–Crippen MR) is 65.0 cm³/mol. The molecule has 1 aromatic heterocycles. The van der Waals surface area contributed by atoms with Gasteiger partial charge < -0.3 is 9.88 Å². The molecule has 0 amide bonds. The maximum absolute atomic E-state index is 4.07. The van der Waals surface area contributed by atoms with Gasteiger partial charge in [-0.15, -0.1) is 10.2 Å². The van der Waals surface area contributed by atoms with Crippen molar-refractivity contribution in [2.45, 2.75) is 32.9 Å². The minimum atomic E-state index is 0.826. The van der Waals surface area contributed by atoms with Crippen LogP contribution in [0.25, 0.3) is 0 Å². The Morgan fingerprint density at radius 2 is 2.33 bits per heavy atom. The van der Waals surface area contributed by atoms with E-state index in [9.17, 15) is 0 Å². The van der Waals surface area contributed by atoms with Gasteiger partial charge in [0.1, 0.15) is 12.2 Å². The number of unbranched alkanes of at least 4 members (excludes halogenated alkanes) is 1. The lowest BCUT2D eigenvalue weighted by molar-refractivity contribution is 0.593. The van der Waals surface area contributed by atoms with E-state index in [0.29, 0.717) is 0 Å². The molecule has 0 saturated carbocycles. The zero-order chi connectivity index (χ0) is 10.9. The largest absolute Gasteiger partial charge is 0.317 e. The number of nitrogens with zero attached hydrogens (tertiary/aromatic N) is 3. The van der Waals surface area contributed by atoms with Crippen LogP contribution < -0.4 is 5.32 Å². The van der Waals surface area contributed by atoms with Gasteiger partial charge in [-0.3, -0.25) is 0 Å². The molecule has 1 rings (SSSR count). The Kier molecular flexibility index (Phi) is 6.43. The van der Waals surface area contributed by atoms with Crippen LogP contribution in [0.3, 0.4) is 0 Å². The van der Waals surface area contributed by atoms with Crippen molar-refractivity contribution in [3.63, 3.8) is 0 Å². The molecule has 0 radical (unpaired) electrons. The smallest absolute Gasteiger partial charge is 0.146 e. The van der Waals surface area contributed by atoms with Crippen molar-refractivity contribution < 1.29 is 0 Å². The normalized spacial score (nSPS) is 10.8. The van der Waals surface area contributed by atoms with Gasteiger partial charge in [0.15, 0.2) is 0 Å². The number of thioether (sulfide) groups is 1.